The molecule has 40 heavy (non-hydrogen) atoms. The van der Waals surface area contributed by atoms with E-state index >= 15 is 0 Å². The van der Waals surface area contributed by atoms with Gasteiger partial charge in [0.05, 0.1) is 5.92 Å². The lowest BCUT2D eigenvalue weighted by Gasteiger charge is -2.24. The van der Waals surface area contributed by atoms with Gasteiger partial charge in [-0.15, -0.1) is 0 Å². The summed E-state index contributed by atoms with van der Waals surface area (Å²) in [4.78, 5) is 58.4. The van der Waals surface area contributed by atoms with Gasteiger partial charge in [0.15, 0.2) is 6.10 Å². The van der Waals surface area contributed by atoms with Crippen LogP contribution in [0.1, 0.15) is 80.6 Å². The third-order valence-electron chi connectivity index (χ3n) is 6.92. The van der Waals surface area contributed by atoms with Crippen molar-refractivity contribution in [3.8, 4) is 0 Å². The SMILES string of the molecule is CCC(C)CC(C)CC(C)CC(C)/C=C(C)/C=C(/CC(C)C(=O)OC(C(=O)O)C(C(=O)O)C(O)C(=O)O)C(=O)O. The van der Waals surface area contributed by atoms with Gasteiger partial charge in [-0.3, -0.25) is 9.59 Å². The van der Waals surface area contributed by atoms with Crippen molar-refractivity contribution in [3.05, 3.63) is 23.3 Å². The molecule has 0 fully saturated rings. The molecule has 8 unspecified atom stereocenters. The fraction of sp³-hybridized carbons (Fsp3) is 0.690. The molecule has 0 aromatic rings. The number of hydrogen-bond donors (Lipinski definition) is 5. The average Bonchev–Trinajstić information content (AvgIpc) is 2.81. The summed E-state index contributed by atoms with van der Waals surface area (Å²) in [7, 11) is 0. The molecule has 228 valence electrons. The Morgan fingerprint density at radius 1 is 0.775 bits per heavy atom. The predicted molar refractivity (Wildman–Crippen MR) is 146 cm³/mol. The fourth-order valence-corrected chi connectivity index (χ4v) is 4.93. The lowest BCUT2D eigenvalue weighted by molar-refractivity contribution is -0.183. The van der Waals surface area contributed by atoms with E-state index in [4.69, 9.17) is 9.84 Å². The highest BCUT2D eigenvalue weighted by atomic mass is 16.6. The molecule has 0 bridgehead atoms. The van der Waals surface area contributed by atoms with Crippen LogP contribution in [0.4, 0.5) is 0 Å². The first kappa shape index (κ1) is 36.8. The molecule has 0 spiro atoms. The first-order chi connectivity index (χ1) is 18.4. The van der Waals surface area contributed by atoms with E-state index in [0.29, 0.717) is 23.3 Å². The van der Waals surface area contributed by atoms with Crippen LogP contribution in [0.15, 0.2) is 23.3 Å². The van der Waals surface area contributed by atoms with Gasteiger partial charge in [-0.25, -0.2) is 14.4 Å². The number of carbonyl (C=O) groups is 5. The van der Waals surface area contributed by atoms with Gasteiger partial charge in [0, 0.05) is 5.57 Å². The zero-order valence-electron chi connectivity index (χ0n) is 24.5. The zero-order valence-corrected chi connectivity index (χ0v) is 24.5. The number of hydrogen-bond acceptors (Lipinski definition) is 7. The second-order valence-electron chi connectivity index (χ2n) is 11.2. The van der Waals surface area contributed by atoms with Crippen molar-refractivity contribution in [2.75, 3.05) is 0 Å². The van der Waals surface area contributed by atoms with Crippen molar-refractivity contribution >= 4 is 29.8 Å². The van der Waals surface area contributed by atoms with Crippen LogP contribution in [0.3, 0.4) is 0 Å². The standard InChI is InChI=1S/C29H46O11/c1-8-15(2)9-16(3)10-17(4)11-18(5)12-19(6)13-21(25(31)32)14-20(7)29(39)40-24(28(37)38)22(26(33)34)23(30)27(35)36/h12-13,15-18,20,22-24,30H,8-11,14H2,1-7H3,(H,31,32)(H,33,34)(H,35,36)(H,37,38)/b19-12+,21-13-. The molecule has 0 heterocycles. The Hall–Kier alpha value is -3.21. The molecule has 0 aliphatic carbocycles. The van der Waals surface area contributed by atoms with Crippen molar-refractivity contribution < 1.29 is 54.2 Å². The molecule has 0 saturated carbocycles. The second-order valence-corrected chi connectivity index (χ2v) is 11.2. The Balaban J connectivity index is 5.50. The third-order valence-corrected chi connectivity index (χ3v) is 6.92. The lowest BCUT2D eigenvalue weighted by Crippen LogP contribution is -2.48. The molecule has 0 radical (unpaired) electrons. The van der Waals surface area contributed by atoms with E-state index in [9.17, 15) is 44.4 Å². The number of ether oxygens (including phenoxy) is 1. The Morgan fingerprint density at radius 2 is 1.30 bits per heavy atom. The smallest absolute Gasteiger partial charge is 0.346 e. The molecule has 0 aromatic heterocycles. The normalized spacial score (nSPS) is 18.4. The molecule has 0 aliphatic heterocycles. The summed E-state index contributed by atoms with van der Waals surface area (Å²) >= 11 is 0. The molecule has 0 saturated heterocycles. The van der Waals surface area contributed by atoms with E-state index in [1.54, 1.807) is 6.92 Å². The maximum atomic E-state index is 12.6. The number of esters is 1. The quantitative estimate of drug-likeness (QED) is 0.0846. The van der Waals surface area contributed by atoms with Crippen LogP contribution >= 0.6 is 0 Å². The summed E-state index contributed by atoms with van der Waals surface area (Å²) in [6, 6.07) is 0. The summed E-state index contributed by atoms with van der Waals surface area (Å²) in [5, 5.41) is 46.8. The topological polar surface area (TPSA) is 196 Å². The summed E-state index contributed by atoms with van der Waals surface area (Å²) in [6.07, 6.45) is 2.20. The highest BCUT2D eigenvalue weighted by Gasteiger charge is 2.45. The van der Waals surface area contributed by atoms with Gasteiger partial charge in [-0.05, 0) is 62.4 Å². The highest BCUT2D eigenvalue weighted by Crippen LogP contribution is 2.26. The summed E-state index contributed by atoms with van der Waals surface area (Å²) in [6.45, 7) is 14.0. The van der Waals surface area contributed by atoms with Crippen LogP contribution in [0.25, 0.3) is 0 Å². The molecule has 11 nitrogen and oxygen atoms in total. The molecule has 0 aromatic carbocycles. The monoisotopic (exact) mass is 570 g/mol. The number of carboxylic acid groups (broad SMARTS) is 4. The first-order valence-electron chi connectivity index (χ1n) is 13.6. The van der Waals surface area contributed by atoms with E-state index in [1.165, 1.54) is 19.4 Å². The Labute approximate surface area is 235 Å². The Morgan fingerprint density at radius 3 is 1.75 bits per heavy atom. The molecule has 8 atom stereocenters. The largest absolute Gasteiger partial charge is 0.481 e. The van der Waals surface area contributed by atoms with E-state index in [-0.39, 0.29) is 17.9 Å². The van der Waals surface area contributed by atoms with Gasteiger partial charge in [0.2, 0.25) is 6.10 Å². The molecule has 0 amide bonds. The van der Waals surface area contributed by atoms with Crippen molar-refractivity contribution in [2.45, 2.75) is 92.8 Å². The highest BCUT2D eigenvalue weighted by molar-refractivity contribution is 5.90. The van der Waals surface area contributed by atoms with E-state index in [1.807, 2.05) is 13.0 Å². The number of carboxylic acids is 4. The van der Waals surface area contributed by atoms with Crippen LogP contribution in [0.5, 0.6) is 0 Å². The maximum Gasteiger partial charge on any atom is 0.346 e. The van der Waals surface area contributed by atoms with Crippen LogP contribution in [-0.2, 0) is 28.7 Å². The van der Waals surface area contributed by atoms with E-state index < -0.39 is 53.9 Å². The zero-order chi connectivity index (χ0) is 31.3. The molecule has 0 aliphatic rings. The minimum absolute atomic E-state index is 0.146. The van der Waals surface area contributed by atoms with Gasteiger partial charge < -0.3 is 30.3 Å². The van der Waals surface area contributed by atoms with Crippen LogP contribution in [-0.4, -0.2) is 67.6 Å². The summed E-state index contributed by atoms with van der Waals surface area (Å²) in [5.74, 6) is -10.3. The third kappa shape index (κ3) is 13.2. The van der Waals surface area contributed by atoms with E-state index in [2.05, 4.69) is 27.7 Å². The van der Waals surface area contributed by atoms with Gasteiger partial charge in [0.1, 0.15) is 5.92 Å². The fourth-order valence-electron chi connectivity index (χ4n) is 4.93. The minimum atomic E-state index is -2.66. The average molecular weight is 571 g/mol. The number of aliphatic carboxylic acids is 4. The second kappa shape index (κ2) is 17.5. The predicted octanol–water partition coefficient (Wildman–Crippen LogP) is 4.24. The lowest BCUT2D eigenvalue weighted by atomic mass is 9.84. The van der Waals surface area contributed by atoms with Crippen molar-refractivity contribution in [3.63, 3.8) is 0 Å². The van der Waals surface area contributed by atoms with E-state index in [0.717, 1.165) is 19.3 Å². The van der Waals surface area contributed by atoms with Crippen LogP contribution < -0.4 is 0 Å². The molecule has 5 N–H and O–H groups in total. The Bertz CT molecular complexity index is 952. The van der Waals surface area contributed by atoms with Gasteiger partial charge in [-0.1, -0.05) is 59.6 Å². The number of aliphatic hydroxyl groups excluding tert-OH is 1. The number of allylic oxidation sites excluding steroid dienone is 3. The number of aliphatic hydroxyl groups is 1. The molecular weight excluding hydrogens is 524 g/mol. The van der Waals surface area contributed by atoms with Crippen molar-refractivity contribution in [1.29, 1.82) is 0 Å². The molecule has 11 heteroatoms. The van der Waals surface area contributed by atoms with Crippen LogP contribution in [0.2, 0.25) is 0 Å². The van der Waals surface area contributed by atoms with Crippen molar-refractivity contribution in [1.82, 2.24) is 0 Å². The van der Waals surface area contributed by atoms with Crippen LogP contribution in [0, 0.1) is 35.5 Å². The number of rotatable bonds is 19. The number of carbonyl (C=O) groups excluding carboxylic acids is 1. The Kier molecular flexibility index (Phi) is 16.1. The maximum absolute atomic E-state index is 12.6. The summed E-state index contributed by atoms with van der Waals surface area (Å²) in [5.41, 5.74) is 0.525. The minimum Gasteiger partial charge on any atom is -0.481 e. The van der Waals surface area contributed by atoms with Crippen molar-refractivity contribution in [2.24, 2.45) is 35.5 Å². The molecule has 0 rings (SSSR count). The molecular formula is C29H46O11. The van der Waals surface area contributed by atoms with Gasteiger partial charge in [0.25, 0.3) is 0 Å². The van der Waals surface area contributed by atoms with Gasteiger partial charge >= 0.3 is 29.8 Å². The first-order valence-corrected chi connectivity index (χ1v) is 13.6. The van der Waals surface area contributed by atoms with Gasteiger partial charge in [-0.2, -0.15) is 0 Å². The summed E-state index contributed by atoms with van der Waals surface area (Å²) < 4.78 is 4.75.